The number of halogens is 1. The molecular weight excluding hydrogens is 366 g/mol. The highest BCUT2D eigenvalue weighted by Gasteiger charge is 2.20. The summed E-state index contributed by atoms with van der Waals surface area (Å²) in [5.74, 6) is 0. The third-order valence-corrected chi connectivity index (χ3v) is 5.92. The number of rotatable bonds is 10. The molecule has 3 heteroatoms. The van der Waals surface area contributed by atoms with E-state index in [4.69, 9.17) is 11.6 Å². The Balaban J connectivity index is 1.99. The molecule has 0 aliphatic carbocycles. The van der Waals surface area contributed by atoms with Gasteiger partial charge in [0.15, 0.2) is 0 Å². The highest BCUT2D eigenvalue weighted by molar-refractivity contribution is 6.37. The van der Waals surface area contributed by atoms with E-state index in [-0.39, 0.29) is 0 Å². The molecule has 28 heavy (non-hydrogen) atoms. The molecular formula is C25H32ClNO. The van der Waals surface area contributed by atoms with Gasteiger partial charge in [0.2, 0.25) is 0 Å². The van der Waals surface area contributed by atoms with E-state index in [1.165, 1.54) is 25.7 Å². The summed E-state index contributed by atoms with van der Waals surface area (Å²) >= 11 is 6.60. The third-order valence-electron chi connectivity index (χ3n) is 5.61. The average molecular weight is 398 g/mol. The van der Waals surface area contributed by atoms with Crippen LogP contribution in [0.3, 0.4) is 0 Å². The van der Waals surface area contributed by atoms with Gasteiger partial charge in [-0.1, -0.05) is 93.6 Å². The van der Waals surface area contributed by atoms with Crippen molar-refractivity contribution in [1.29, 1.82) is 0 Å². The van der Waals surface area contributed by atoms with Crippen molar-refractivity contribution in [2.45, 2.75) is 58.6 Å². The molecule has 0 amide bonds. The summed E-state index contributed by atoms with van der Waals surface area (Å²) < 4.78 is 0. The predicted molar refractivity (Wildman–Crippen MR) is 122 cm³/mol. The zero-order valence-electron chi connectivity index (χ0n) is 17.1. The van der Waals surface area contributed by atoms with E-state index in [2.05, 4.69) is 43.0 Å². The monoisotopic (exact) mass is 397 g/mol. The van der Waals surface area contributed by atoms with E-state index in [0.29, 0.717) is 0 Å². The lowest BCUT2D eigenvalue weighted by molar-refractivity contribution is 0.000572. The van der Waals surface area contributed by atoms with Crippen molar-refractivity contribution in [3.8, 4) is 0 Å². The van der Waals surface area contributed by atoms with Gasteiger partial charge in [-0.25, -0.2) is 0 Å². The van der Waals surface area contributed by atoms with Gasteiger partial charge < -0.3 is 5.11 Å². The van der Waals surface area contributed by atoms with E-state index >= 15 is 0 Å². The van der Waals surface area contributed by atoms with Crippen molar-refractivity contribution >= 4 is 33.1 Å². The number of benzene rings is 3. The Hall–Kier alpha value is -1.61. The number of aliphatic hydroxyl groups excluding tert-OH is 1. The first-order valence-corrected chi connectivity index (χ1v) is 11.1. The Labute approximate surface area is 174 Å². The second-order valence-corrected chi connectivity index (χ2v) is 8.08. The SMILES string of the molecule is CCCCCN(CCCCC)C(O)c1cccc2c1cc(Cl)c1ccccc12. The predicted octanol–water partition coefficient (Wildman–Crippen LogP) is 7.32. The van der Waals surface area contributed by atoms with Crippen LogP contribution in [-0.2, 0) is 0 Å². The van der Waals surface area contributed by atoms with Gasteiger partial charge in [0.25, 0.3) is 0 Å². The smallest absolute Gasteiger partial charge is 0.134 e. The van der Waals surface area contributed by atoms with Crippen LogP contribution in [0.1, 0.15) is 64.2 Å². The molecule has 3 aromatic carbocycles. The summed E-state index contributed by atoms with van der Waals surface area (Å²) in [6.07, 6.45) is 6.41. The van der Waals surface area contributed by atoms with Crippen LogP contribution in [0.5, 0.6) is 0 Å². The Morgan fingerprint density at radius 3 is 2.00 bits per heavy atom. The van der Waals surface area contributed by atoms with E-state index in [1.54, 1.807) is 0 Å². The molecule has 2 nitrogen and oxygen atoms in total. The van der Waals surface area contributed by atoms with E-state index in [1.807, 2.05) is 24.3 Å². The normalized spacial score (nSPS) is 12.9. The molecule has 0 aliphatic heterocycles. The zero-order valence-corrected chi connectivity index (χ0v) is 17.9. The first-order chi connectivity index (χ1) is 13.7. The maximum atomic E-state index is 11.3. The van der Waals surface area contributed by atoms with Gasteiger partial charge in [-0.2, -0.15) is 0 Å². The molecule has 0 radical (unpaired) electrons. The van der Waals surface area contributed by atoms with E-state index in [0.717, 1.165) is 58.1 Å². The first-order valence-electron chi connectivity index (χ1n) is 10.7. The van der Waals surface area contributed by atoms with Crippen LogP contribution in [-0.4, -0.2) is 23.1 Å². The molecule has 1 N–H and O–H groups in total. The second kappa shape index (κ2) is 10.2. The van der Waals surface area contributed by atoms with Gasteiger partial charge in [0, 0.05) is 29.1 Å². The largest absolute Gasteiger partial charge is 0.374 e. The van der Waals surface area contributed by atoms with Gasteiger partial charge in [0.05, 0.1) is 0 Å². The third kappa shape index (κ3) is 4.68. The number of unbranched alkanes of at least 4 members (excludes halogenated alkanes) is 4. The lowest BCUT2D eigenvalue weighted by Crippen LogP contribution is -2.31. The van der Waals surface area contributed by atoms with Crippen LogP contribution >= 0.6 is 11.6 Å². The minimum atomic E-state index is -0.602. The number of aliphatic hydroxyl groups is 1. The molecule has 150 valence electrons. The number of hydrogen-bond acceptors (Lipinski definition) is 2. The molecule has 3 aromatic rings. The summed E-state index contributed by atoms with van der Waals surface area (Å²) in [7, 11) is 0. The number of hydrogen-bond donors (Lipinski definition) is 1. The highest BCUT2D eigenvalue weighted by atomic mass is 35.5. The van der Waals surface area contributed by atoms with Crippen molar-refractivity contribution in [3.63, 3.8) is 0 Å². The van der Waals surface area contributed by atoms with Crippen molar-refractivity contribution in [2.75, 3.05) is 13.1 Å². The fraction of sp³-hybridized carbons (Fsp3) is 0.440. The van der Waals surface area contributed by atoms with Crippen LogP contribution in [0.25, 0.3) is 21.5 Å². The maximum Gasteiger partial charge on any atom is 0.134 e. The Kier molecular flexibility index (Phi) is 7.73. The summed E-state index contributed by atoms with van der Waals surface area (Å²) in [5, 5.41) is 16.5. The van der Waals surface area contributed by atoms with Gasteiger partial charge in [-0.05, 0) is 35.1 Å². The van der Waals surface area contributed by atoms with Crippen LogP contribution in [0.2, 0.25) is 5.02 Å². The lowest BCUT2D eigenvalue weighted by Gasteiger charge is -2.29. The van der Waals surface area contributed by atoms with Crippen LogP contribution in [0, 0.1) is 0 Å². The molecule has 0 bridgehead atoms. The van der Waals surface area contributed by atoms with Gasteiger partial charge in [0.1, 0.15) is 6.23 Å². The molecule has 0 heterocycles. The molecule has 1 unspecified atom stereocenters. The Morgan fingerprint density at radius 1 is 0.786 bits per heavy atom. The second-order valence-electron chi connectivity index (χ2n) is 7.67. The fourth-order valence-corrected chi connectivity index (χ4v) is 4.29. The zero-order chi connectivity index (χ0) is 19.9. The maximum absolute atomic E-state index is 11.3. The van der Waals surface area contributed by atoms with Crippen molar-refractivity contribution < 1.29 is 5.11 Å². The highest BCUT2D eigenvalue weighted by Crippen LogP contribution is 2.36. The van der Waals surface area contributed by atoms with Crippen molar-refractivity contribution in [2.24, 2.45) is 0 Å². The summed E-state index contributed by atoms with van der Waals surface area (Å²) in [4.78, 5) is 2.24. The van der Waals surface area contributed by atoms with Gasteiger partial charge in [-0.3, -0.25) is 4.90 Å². The average Bonchev–Trinajstić information content (AvgIpc) is 2.72. The molecule has 3 rings (SSSR count). The molecule has 0 saturated heterocycles. The van der Waals surface area contributed by atoms with E-state index < -0.39 is 6.23 Å². The van der Waals surface area contributed by atoms with Crippen molar-refractivity contribution in [3.05, 3.63) is 59.1 Å². The molecule has 0 fully saturated rings. The Morgan fingerprint density at radius 2 is 1.36 bits per heavy atom. The standard InChI is InChI=1S/C25H32ClNO/c1-3-5-9-16-27(17-10-6-4-2)25(28)22-15-11-14-20-19-12-7-8-13-21(19)24(26)18-23(20)22/h7-8,11-15,18,25,28H,3-6,9-10,16-17H2,1-2H3. The topological polar surface area (TPSA) is 23.5 Å². The molecule has 1 atom stereocenters. The minimum Gasteiger partial charge on any atom is -0.374 e. The molecule has 0 saturated carbocycles. The van der Waals surface area contributed by atoms with Crippen LogP contribution in [0.15, 0.2) is 48.5 Å². The fourth-order valence-electron chi connectivity index (χ4n) is 4.02. The number of nitrogens with zero attached hydrogens (tertiary/aromatic N) is 1. The minimum absolute atomic E-state index is 0.602. The van der Waals surface area contributed by atoms with Gasteiger partial charge in [-0.15, -0.1) is 0 Å². The van der Waals surface area contributed by atoms with Gasteiger partial charge >= 0.3 is 0 Å². The summed E-state index contributed by atoms with van der Waals surface area (Å²) in [6.45, 7) is 6.29. The van der Waals surface area contributed by atoms with Crippen LogP contribution < -0.4 is 0 Å². The molecule has 0 spiro atoms. The quantitative estimate of drug-likeness (QED) is 0.220. The van der Waals surface area contributed by atoms with Crippen LogP contribution in [0.4, 0.5) is 0 Å². The molecule has 0 aliphatic rings. The number of fused-ring (bicyclic) bond motifs is 3. The lowest BCUT2D eigenvalue weighted by atomic mass is 9.97. The Bertz CT molecular complexity index is 898. The summed E-state index contributed by atoms with van der Waals surface area (Å²) in [5.41, 5.74) is 0.957. The first kappa shape index (κ1) is 21.1. The molecule has 0 aromatic heterocycles. The van der Waals surface area contributed by atoms with Crippen molar-refractivity contribution in [1.82, 2.24) is 4.90 Å². The summed E-state index contributed by atoms with van der Waals surface area (Å²) in [6, 6.07) is 16.5. The van der Waals surface area contributed by atoms with E-state index in [9.17, 15) is 5.11 Å².